The van der Waals surface area contributed by atoms with E-state index in [0.29, 0.717) is 12.1 Å². The fourth-order valence-corrected chi connectivity index (χ4v) is 1.82. The van der Waals surface area contributed by atoms with Crippen LogP contribution in [0, 0.1) is 5.41 Å². The molecule has 0 fully saturated rings. The lowest BCUT2D eigenvalue weighted by atomic mass is 9.89. The third-order valence-corrected chi connectivity index (χ3v) is 2.78. The molecule has 0 aliphatic heterocycles. The van der Waals surface area contributed by atoms with Crippen molar-refractivity contribution in [2.24, 2.45) is 5.41 Å². The Balaban J connectivity index is 2.44. The molecule has 1 aromatic heterocycles. The number of nitrogens with one attached hydrogen (secondary N) is 1. The first-order chi connectivity index (χ1) is 8.28. The van der Waals surface area contributed by atoms with Gasteiger partial charge in [0, 0.05) is 17.2 Å². The summed E-state index contributed by atoms with van der Waals surface area (Å²) in [5.41, 5.74) is 0.390. The second-order valence-electron chi connectivity index (χ2n) is 5.49. The molecule has 0 bridgehead atoms. The number of aromatic nitrogens is 1. The first-order valence-electron chi connectivity index (χ1n) is 5.86. The second-order valence-corrected chi connectivity index (χ2v) is 6.41. The molecular weight excluding hydrogens is 296 g/mol. The molecule has 0 aromatic carbocycles. The average molecular weight is 315 g/mol. The molecule has 0 saturated carbocycles. The zero-order valence-electron chi connectivity index (χ0n) is 10.9. The van der Waals surface area contributed by atoms with Crippen LogP contribution >= 0.6 is 15.9 Å². The molecule has 1 unspecified atom stereocenters. The number of hydrogen-bond donors (Lipinski definition) is 2. The largest absolute Gasteiger partial charge is 0.391 e. The average Bonchev–Trinajstić information content (AvgIpc) is 2.24. The molecular formula is C13H19BrN2O2. The van der Waals surface area contributed by atoms with Crippen molar-refractivity contribution < 1.29 is 9.90 Å². The van der Waals surface area contributed by atoms with E-state index < -0.39 is 6.10 Å². The molecule has 0 aliphatic rings. The SMILES string of the molecule is CC(C)(C)CC(O)CNC(=O)c1ccc(Br)cn1. The zero-order chi connectivity index (χ0) is 13.8. The van der Waals surface area contributed by atoms with Crippen LogP contribution in [-0.4, -0.2) is 28.6 Å². The fourth-order valence-electron chi connectivity index (χ4n) is 1.59. The van der Waals surface area contributed by atoms with Gasteiger partial charge in [-0.15, -0.1) is 0 Å². The van der Waals surface area contributed by atoms with E-state index in [1.165, 1.54) is 0 Å². The number of carbonyl (C=O) groups excluding carboxylic acids is 1. The Bertz CT molecular complexity index is 398. The van der Waals surface area contributed by atoms with Crippen molar-refractivity contribution in [2.45, 2.75) is 33.3 Å². The van der Waals surface area contributed by atoms with Gasteiger partial charge in [0.25, 0.3) is 5.91 Å². The summed E-state index contributed by atoms with van der Waals surface area (Å²) in [6.45, 7) is 6.39. The van der Waals surface area contributed by atoms with Crippen molar-refractivity contribution in [3.63, 3.8) is 0 Å². The van der Waals surface area contributed by atoms with Crippen LogP contribution in [0.2, 0.25) is 0 Å². The molecule has 0 spiro atoms. The lowest BCUT2D eigenvalue weighted by Crippen LogP contribution is -2.34. The molecule has 4 nitrogen and oxygen atoms in total. The van der Waals surface area contributed by atoms with E-state index in [0.717, 1.165) is 4.47 Å². The molecule has 0 radical (unpaired) electrons. The van der Waals surface area contributed by atoms with E-state index >= 15 is 0 Å². The van der Waals surface area contributed by atoms with Gasteiger partial charge < -0.3 is 10.4 Å². The minimum Gasteiger partial charge on any atom is -0.391 e. The van der Waals surface area contributed by atoms with E-state index in [1.807, 2.05) is 20.8 Å². The molecule has 2 N–H and O–H groups in total. The van der Waals surface area contributed by atoms with Gasteiger partial charge in [0.1, 0.15) is 5.69 Å². The maximum Gasteiger partial charge on any atom is 0.269 e. The molecule has 1 rings (SSSR count). The number of aliphatic hydroxyl groups excluding tert-OH is 1. The van der Waals surface area contributed by atoms with Crippen molar-refractivity contribution in [3.05, 3.63) is 28.5 Å². The topological polar surface area (TPSA) is 62.2 Å². The number of aliphatic hydroxyl groups is 1. The molecule has 1 aromatic rings. The van der Waals surface area contributed by atoms with Crippen molar-refractivity contribution in [1.82, 2.24) is 10.3 Å². The Hall–Kier alpha value is -0.940. The van der Waals surface area contributed by atoms with Crippen LogP contribution in [0.1, 0.15) is 37.7 Å². The third-order valence-electron chi connectivity index (χ3n) is 2.31. The molecule has 18 heavy (non-hydrogen) atoms. The lowest BCUT2D eigenvalue weighted by molar-refractivity contribution is 0.0864. The number of pyridine rings is 1. The Kier molecular flexibility index (Phi) is 5.28. The number of nitrogens with zero attached hydrogens (tertiary/aromatic N) is 1. The first-order valence-corrected chi connectivity index (χ1v) is 6.65. The maximum absolute atomic E-state index is 11.7. The first kappa shape index (κ1) is 15.1. The van der Waals surface area contributed by atoms with Crippen LogP contribution < -0.4 is 5.32 Å². The van der Waals surface area contributed by atoms with Crippen molar-refractivity contribution in [2.75, 3.05) is 6.54 Å². The normalized spacial score (nSPS) is 13.2. The summed E-state index contributed by atoms with van der Waals surface area (Å²) in [5, 5.41) is 12.5. The number of amides is 1. The monoisotopic (exact) mass is 314 g/mol. The van der Waals surface area contributed by atoms with Crippen LogP contribution in [0.25, 0.3) is 0 Å². The predicted molar refractivity (Wildman–Crippen MR) is 74.3 cm³/mol. The highest BCUT2D eigenvalue weighted by molar-refractivity contribution is 9.10. The number of rotatable bonds is 4. The summed E-state index contributed by atoms with van der Waals surface area (Å²) in [4.78, 5) is 15.7. The molecule has 1 amide bonds. The van der Waals surface area contributed by atoms with E-state index in [9.17, 15) is 9.90 Å². The molecule has 0 aliphatic carbocycles. The van der Waals surface area contributed by atoms with Gasteiger partial charge in [-0.2, -0.15) is 0 Å². The van der Waals surface area contributed by atoms with Gasteiger partial charge in [-0.25, -0.2) is 4.98 Å². The highest BCUT2D eigenvalue weighted by Gasteiger charge is 2.17. The molecule has 1 heterocycles. The van der Waals surface area contributed by atoms with Gasteiger partial charge in [-0.05, 0) is 39.9 Å². The lowest BCUT2D eigenvalue weighted by Gasteiger charge is -2.22. The Morgan fingerprint density at radius 2 is 2.17 bits per heavy atom. The van der Waals surface area contributed by atoms with Gasteiger partial charge >= 0.3 is 0 Å². The van der Waals surface area contributed by atoms with Gasteiger partial charge in [0.05, 0.1) is 6.10 Å². The summed E-state index contributed by atoms with van der Waals surface area (Å²) in [6.07, 6.45) is 1.67. The van der Waals surface area contributed by atoms with Gasteiger partial charge in [0.15, 0.2) is 0 Å². The number of halogens is 1. The van der Waals surface area contributed by atoms with Gasteiger partial charge in [0.2, 0.25) is 0 Å². The Morgan fingerprint density at radius 1 is 1.50 bits per heavy atom. The van der Waals surface area contributed by atoms with E-state index in [4.69, 9.17) is 0 Å². The summed E-state index contributed by atoms with van der Waals surface area (Å²) < 4.78 is 0.826. The Morgan fingerprint density at radius 3 is 2.67 bits per heavy atom. The molecule has 0 saturated heterocycles. The van der Waals surface area contributed by atoms with Crippen LogP contribution in [0.5, 0.6) is 0 Å². The van der Waals surface area contributed by atoms with Crippen LogP contribution in [-0.2, 0) is 0 Å². The van der Waals surface area contributed by atoms with Crippen molar-refractivity contribution >= 4 is 21.8 Å². The summed E-state index contributed by atoms with van der Waals surface area (Å²) >= 11 is 3.26. The predicted octanol–water partition coefficient (Wildman–Crippen LogP) is 2.37. The maximum atomic E-state index is 11.7. The van der Waals surface area contributed by atoms with Crippen molar-refractivity contribution in [1.29, 1.82) is 0 Å². The standard InChI is InChI=1S/C13H19BrN2O2/c1-13(2,3)6-10(17)8-16-12(18)11-5-4-9(14)7-15-11/h4-5,7,10,17H,6,8H2,1-3H3,(H,16,18). The Labute approximate surface area is 116 Å². The summed E-state index contributed by atoms with van der Waals surface area (Å²) in [5.74, 6) is -0.268. The molecule has 100 valence electrons. The van der Waals surface area contributed by atoms with E-state index in [1.54, 1.807) is 18.3 Å². The van der Waals surface area contributed by atoms with E-state index in [-0.39, 0.29) is 17.9 Å². The summed E-state index contributed by atoms with van der Waals surface area (Å²) in [6, 6.07) is 3.39. The highest BCUT2D eigenvalue weighted by atomic mass is 79.9. The van der Waals surface area contributed by atoms with Crippen LogP contribution in [0.4, 0.5) is 0 Å². The molecule has 1 atom stereocenters. The van der Waals surface area contributed by atoms with Crippen LogP contribution in [0.15, 0.2) is 22.8 Å². The van der Waals surface area contributed by atoms with Crippen molar-refractivity contribution in [3.8, 4) is 0 Å². The zero-order valence-corrected chi connectivity index (χ0v) is 12.5. The third kappa shape index (κ3) is 5.60. The molecule has 5 heteroatoms. The minimum atomic E-state index is -0.538. The van der Waals surface area contributed by atoms with E-state index in [2.05, 4.69) is 26.2 Å². The fraction of sp³-hybridized carbons (Fsp3) is 0.538. The number of carbonyl (C=O) groups is 1. The number of hydrogen-bond acceptors (Lipinski definition) is 3. The quantitative estimate of drug-likeness (QED) is 0.897. The second kappa shape index (κ2) is 6.29. The van der Waals surface area contributed by atoms with Crippen LogP contribution in [0.3, 0.4) is 0 Å². The summed E-state index contributed by atoms with van der Waals surface area (Å²) in [7, 11) is 0. The smallest absolute Gasteiger partial charge is 0.269 e. The van der Waals surface area contributed by atoms with Gasteiger partial charge in [-0.3, -0.25) is 4.79 Å². The highest BCUT2D eigenvalue weighted by Crippen LogP contribution is 2.20. The van der Waals surface area contributed by atoms with Gasteiger partial charge in [-0.1, -0.05) is 20.8 Å². The minimum absolute atomic E-state index is 0.0417.